The zero-order chi connectivity index (χ0) is 24.4. The number of carbonyl (C=O) groups excluding carboxylic acids is 1. The summed E-state index contributed by atoms with van der Waals surface area (Å²) < 4.78 is 19.7. The summed E-state index contributed by atoms with van der Waals surface area (Å²) in [6.45, 7) is 4.15. The van der Waals surface area contributed by atoms with Gasteiger partial charge in [0, 0.05) is 36.0 Å². The second kappa shape index (κ2) is 9.64. The molecule has 10 heteroatoms. The van der Waals surface area contributed by atoms with Crippen molar-refractivity contribution in [2.45, 2.75) is 20.3 Å². The van der Waals surface area contributed by atoms with Crippen LogP contribution >= 0.6 is 11.6 Å². The number of rotatable bonds is 6. The summed E-state index contributed by atoms with van der Waals surface area (Å²) in [7, 11) is 0. The Balaban J connectivity index is 1.50. The summed E-state index contributed by atoms with van der Waals surface area (Å²) in [5, 5.41) is 0.490. The van der Waals surface area contributed by atoms with Gasteiger partial charge in [-0.05, 0) is 31.5 Å². The van der Waals surface area contributed by atoms with Crippen LogP contribution in [0.15, 0.2) is 47.0 Å². The summed E-state index contributed by atoms with van der Waals surface area (Å²) in [4.78, 5) is 37.5. The molecular formula is C24H23ClFN5O3. The fourth-order valence-electron chi connectivity index (χ4n) is 3.68. The van der Waals surface area contributed by atoms with Crippen LogP contribution in [0.1, 0.15) is 33.1 Å². The Hall–Kier alpha value is -3.72. The smallest absolute Gasteiger partial charge is 0.258 e. The number of aromatic nitrogens is 3. The molecule has 3 N–H and O–H groups in total. The molecule has 8 nitrogen and oxygen atoms in total. The zero-order valence-electron chi connectivity index (χ0n) is 18.7. The van der Waals surface area contributed by atoms with Crippen molar-refractivity contribution < 1.29 is 13.9 Å². The summed E-state index contributed by atoms with van der Waals surface area (Å²) >= 11 is 6.17. The van der Waals surface area contributed by atoms with E-state index in [4.69, 9.17) is 22.1 Å². The first-order chi connectivity index (χ1) is 16.2. The molecule has 0 atom stereocenters. The number of pyridine rings is 1. The molecule has 0 aliphatic carbocycles. The van der Waals surface area contributed by atoms with Crippen molar-refractivity contribution in [3.05, 3.63) is 91.8 Å². The van der Waals surface area contributed by atoms with Gasteiger partial charge in [0.2, 0.25) is 5.56 Å². The van der Waals surface area contributed by atoms with Crippen LogP contribution in [0, 0.1) is 19.7 Å². The maximum Gasteiger partial charge on any atom is 0.258 e. The van der Waals surface area contributed by atoms with Crippen LogP contribution < -0.4 is 16.0 Å². The number of hydrogen-bond acceptors (Lipinski definition) is 6. The maximum absolute atomic E-state index is 13.9. The zero-order valence-corrected chi connectivity index (χ0v) is 19.4. The van der Waals surface area contributed by atoms with Gasteiger partial charge in [-0.15, -0.1) is 0 Å². The van der Waals surface area contributed by atoms with E-state index in [1.54, 1.807) is 26.1 Å². The number of hydrogen-bond donors (Lipinski definition) is 2. The summed E-state index contributed by atoms with van der Waals surface area (Å²) in [6.07, 6.45) is 2.06. The third-order valence-electron chi connectivity index (χ3n) is 5.51. The molecule has 0 fully saturated rings. The van der Waals surface area contributed by atoms with E-state index in [9.17, 15) is 14.0 Å². The Morgan fingerprint density at radius 3 is 2.62 bits per heavy atom. The predicted molar refractivity (Wildman–Crippen MR) is 126 cm³/mol. The maximum atomic E-state index is 13.9. The minimum atomic E-state index is -0.518. The van der Waals surface area contributed by atoms with Crippen molar-refractivity contribution in [3.63, 3.8) is 0 Å². The van der Waals surface area contributed by atoms with Gasteiger partial charge >= 0.3 is 0 Å². The summed E-state index contributed by atoms with van der Waals surface area (Å²) in [5.74, 6) is -0.296. The van der Waals surface area contributed by atoms with E-state index in [1.165, 1.54) is 29.2 Å². The number of H-pyrrole nitrogens is 1. The predicted octanol–water partition coefficient (Wildman–Crippen LogP) is 3.02. The van der Waals surface area contributed by atoms with E-state index < -0.39 is 5.82 Å². The number of aromatic amines is 1. The van der Waals surface area contributed by atoms with Gasteiger partial charge in [-0.2, -0.15) is 0 Å². The molecule has 0 saturated heterocycles. The SMILES string of the molecule is Cc1nc(C2=C(N)CN(C(=O)c3ccc(F)cc3OCCc3ccc(=O)[nH]c3)C2)nc(C)c1Cl. The highest BCUT2D eigenvalue weighted by atomic mass is 35.5. The molecule has 4 rings (SSSR count). The lowest BCUT2D eigenvalue weighted by molar-refractivity contribution is 0.0794. The van der Waals surface area contributed by atoms with Gasteiger partial charge in [-0.3, -0.25) is 9.59 Å². The van der Waals surface area contributed by atoms with Crippen molar-refractivity contribution in [3.8, 4) is 5.75 Å². The number of ether oxygens (including phenoxy) is 1. The van der Waals surface area contributed by atoms with Crippen molar-refractivity contribution in [2.75, 3.05) is 19.7 Å². The molecule has 0 radical (unpaired) electrons. The first-order valence-corrected chi connectivity index (χ1v) is 11.0. The molecule has 1 aromatic carbocycles. The Morgan fingerprint density at radius 2 is 1.94 bits per heavy atom. The van der Waals surface area contributed by atoms with Gasteiger partial charge < -0.3 is 20.4 Å². The highest BCUT2D eigenvalue weighted by molar-refractivity contribution is 6.31. The van der Waals surface area contributed by atoms with Gasteiger partial charge in [0.25, 0.3) is 5.91 Å². The highest BCUT2D eigenvalue weighted by Crippen LogP contribution is 2.28. The van der Waals surface area contributed by atoms with Crippen molar-refractivity contribution in [1.82, 2.24) is 19.9 Å². The lowest BCUT2D eigenvalue weighted by Crippen LogP contribution is -2.30. The standard InChI is InChI=1S/C24H23ClFN5O3/c1-13-22(25)14(2)30-23(29-13)18-11-31(12-19(18)27)24(33)17-5-4-16(26)9-20(17)34-8-7-15-3-6-21(32)28-10-15/h3-6,9-10H,7-8,11-12,27H2,1-2H3,(H,28,32). The number of benzene rings is 1. The Labute approximate surface area is 200 Å². The van der Waals surface area contributed by atoms with E-state index in [0.717, 1.165) is 5.56 Å². The van der Waals surface area contributed by atoms with Crippen LogP contribution in [-0.4, -0.2) is 45.5 Å². The van der Waals surface area contributed by atoms with Gasteiger partial charge in [0.15, 0.2) is 5.82 Å². The number of halogens is 2. The molecule has 34 heavy (non-hydrogen) atoms. The number of nitrogens with one attached hydrogen (secondary N) is 1. The van der Waals surface area contributed by atoms with Gasteiger partial charge in [-0.25, -0.2) is 14.4 Å². The average Bonchev–Trinajstić information content (AvgIpc) is 3.20. The van der Waals surface area contributed by atoms with Crippen LogP contribution in [0.5, 0.6) is 5.75 Å². The minimum Gasteiger partial charge on any atom is -0.492 e. The summed E-state index contributed by atoms with van der Waals surface area (Å²) in [6, 6.07) is 6.90. The van der Waals surface area contributed by atoms with Gasteiger partial charge in [0.05, 0.1) is 41.7 Å². The van der Waals surface area contributed by atoms with Crippen LogP contribution in [0.3, 0.4) is 0 Å². The van der Waals surface area contributed by atoms with E-state index >= 15 is 0 Å². The van der Waals surface area contributed by atoms with Crippen LogP contribution in [0.2, 0.25) is 5.02 Å². The molecule has 1 aliphatic rings. The quantitative estimate of drug-likeness (QED) is 0.557. The van der Waals surface area contributed by atoms with Crippen molar-refractivity contribution in [2.24, 2.45) is 5.73 Å². The number of carbonyl (C=O) groups is 1. The molecule has 1 amide bonds. The van der Waals surface area contributed by atoms with Crippen LogP contribution in [0.25, 0.3) is 5.57 Å². The normalized spacial score (nSPS) is 13.5. The topological polar surface area (TPSA) is 114 Å². The average molecular weight is 484 g/mol. The molecule has 1 aliphatic heterocycles. The second-order valence-corrected chi connectivity index (χ2v) is 8.38. The molecule has 3 heterocycles. The fraction of sp³-hybridized carbons (Fsp3) is 0.250. The lowest BCUT2D eigenvalue weighted by atomic mass is 10.1. The number of amides is 1. The first kappa shape index (κ1) is 23.4. The number of nitrogens with two attached hydrogens (primary N) is 1. The molecule has 3 aromatic rings. The van der Waals surface area contributed by atoms with E-state index in [0.29, 0.717) is 39.9 Å². The molecule has 0 unspecified atom stereocenters. The number of aryl methyl sites for hydroxylation is 2. The molecule has 0 spiro atoms. The molecule has 0 saturated carbocycles. The van der Waals surface area contributed by atoms with E-state index in [1.807, 2.05) is 0 Å². The Morgan fingerprint density at radius 1 is 1.21 bits per heavy atom. The van der Waals surface area contributed by atoms with E-state index in [2.05, 4.69) is 15.0 Å². The highest BCUT2D eigenvalue weighted by Gasteiger charge is 2.29. The molecule has 2 aromatic heterocycles. The van der Waals surface area contributed by atoms with Crippen molar-refractivity contribution in [1.29, 1.82) is 0 Å². The largest absolute Gasteiger partial charge is 0.492 e. The fourth-order valence-corrected chi connectivity index (χ4v) is 3.77. The lowest BCUT2D eigenvalue weighted by Gasteiger charge is -2.19. The minimum absolute atomic E-state index is 0.135. The monoisotopic (exact) mass is 483 g/mol. The van der Waals surface area contributed by atoms with Gasteiger partial charge in [0.1, 0.15) is 11.6 Å². The third kappa shape index (κ3) is 4.94. The van der Waals surface area contributed by atoms with Crippen molar-refractivity contribution >= 4 is 23.1 Å². The first-order valence-electron chi connectivity index (χ1n) is 10.6. The van der Waals surface area contributed by atoms with Crippen LogP contribution in [-0.2, 0) is 6.42 Å². The molecule has 176 valence electrons. The van der Waals surface area contributed by atoms with E-state index in [-0.39, 0.29) is 42.5 Å². The summed E-state index contributed by atoms with van der Waals surface area (Å²) in [5.41, 5.74) is 9.50. The third-order valence-corrected chi connectivity index (χ3v) is 6.06. The molecular weight excluding hydrogens is 461 g/mol. The van der Waals surface area contributed by atoms with Crippen LogP contribution in [0.4, 0.5) is 4.39 Å². The van der Waals surface area contributed by atoms with Gasteiger partial charge in [-0.1, -0.05) is 17.7 Å². The number of nitrogens with zero attached hydrogens (tertiary/aromatic N) is 3. The molecule has 0 bridgehead atoms. The second-order valence-electron chi connectivity index (χ2n) is 8.00. The Bertz CT molecular complexity index is 1310. The Kier molecular flexibility index (Phi) is 6.65.